The molecule has 0 fully saturated rings. The number of carbonyl (C=O) groups excluding carboxylic acids is 3. The third-order valence-electron chi connectivity index (χ3n) is 1.58. The lowest BCUT2D eigenvalue weighted by atomic mass is 10.2. The summed E-state index contributed by atoms with van der Waals surface area (Å²) in [6.45, 7) is 2.82. The summed E-state index contributed by atoms with van der Waals surface area (Å²) < 4.78 is 0. The maximum absolute atomic E-state index is 11.3. The molecule has 15 heavy (non-hydrogen) atoms. The van der Waals surface area contributed by atoms with E-state index in [0.29, 0.717) is 5.70 Å². The quantitative estimate of drug-likeness (QED) is 0.588. The number of amides is 2. The van der Waals surface area contributed by atoms with Gasteiger partial charge in [0, 0.05) is 25.6 Å². The minimum absolute atomic E-state index is 0.0107. The number of dihydropyridines is 1. The molecule has 6 heteroatoms. The van der Waals surface area contributed by atoms with Crippen molar-refractivity contribution in [3.05, 3.63) is 11.8 Å². The molecule has 0 atom stereocenters. The van der Waals surface area contributed by atoms with E-state index >= 15 is 0 Å². The highest BCUT2D eigenvalue weighted by atomic mass is 16.2. The van der Waals surface area contributed by atoms with Gasteiger partial charge in [0.2, 0.25) is 17.6 Å². The van der Waals surface area contributed by atoms with E-state index in [-0.39, 0.29) is 24.2 Å². The second-order valence-corrected chi connectivity index (χ2v) is 3.06. The maximum Gasteiger partial charge on any atom is 0.222 e. The summed E-state index contributed by atoms with van der Waals surface area (Å²) in [5.74, 6) is -1.01. The molecule has 2 amide bonds. The van der Waals surface area contributed by atoms with E-state index in [9.17, 15) is 14.4 Å². The maximum atomic E-state index is 11.3. The summed E-state index contributed by atoms with van der Waals surface area (Å²) in [5.41, 5.74) is 0.432. The molecule has 0 saturated heterocycles. The molecular formula is C9H11N3O3. The fourth-order valence-electron chi connectivity index (χ4n) is 1.08. The van der Waals surface area contributed by atoms with E-state index in [4.69, 9.17) is 0 Å². The van der Waals surface area contributed by atoms with Crippen molar-refractivity contribution in [3.8, 4) is 0 Å². The standard InChI is InChI=1S/C9H11N3O3/c1-5(13)11-7-3-8(15)9(10-4-7)12-6(2)14/h3H,4H2,1-2H3,(H,11,13)(H,10,12,14). The average Bonchev–Trinajstić information content (AvgIpc) is 2.08. The molecule has 6 nitrogen and oxygen atoms in total. The second kappa shape index (κ2) is 4.50. The first-order chi connectivity index (χ1) is 6.99. The van der Waals surface area contributed by atoms with E-state index in [2.05, 4.69) is 15.6 Å². The van der Waals surface area contributed by atoms with Gasteiger partial charge in [0.1, 0.15) is 0 Å². The van der Waals surface area contributed by atoms with Gasteiger partial charge in [-0.25, -0.2) is 0 Å². The Bertz CT molecular complexity index is 382. The van der Waals surface area contributed by atoms with Crippen LogP contribution in [0.1, 0.15) is 13.8 Å². The molecule has 1 rings (SSSR count). The van der Waals surface area contributed by atoms with Gasteiger partial charge in [0.25, 0.3) is 0 Å². The zero-order valence-electron chi connectivity index (χ0n) is 8.46. The van der Waals surface area contributed by atoms with Gasteiger partial charge in [-0.05, 0) is 0 Å². The molecule has 0 aromatic carbocycles. The topological polar surface area (TPSA) is 87.6 Å². The fraction of sp³-hybridized carbons (Fsp3) is 0.333. The smallest absolute Gasteiger partial charge is 0.222 e. The van der Waals surface area contributed by atoms with Gasteiger partial charge < -0.3 is 10.6 Å². The van der Waals surface area contributed by atoms with Crippen molar-refractivity contribution in [2.75, 3.05) is 6.54 Å². The predicted octanol–water partition coefficient (Wildman–Crippen LogP) is -0.876. The molecule has 0 saturated carbocycles. The molecule has 0 bridgehead atoms. The molecule has 0 aliphatic carbocycles. The molecule has 1 aliphatic rings. The molecular weight excluding hydrogens is 198 g/mol. The van der Waals surface area contributed by atoms with Crippen molar-refractivity contribution in [2.24, 2.45) is 4.99 Å². The SMILES string of the molecule is CC(=O)NC1=CC(=O)C(NC(C)=O)=NC1. The van der Waals surface area contributed by atoms with Crippen LogP contribution in [0, 0.1) is 0 Å². The zero-order valence-corrected chi connectivity index (χ0v) is 8.46. The highest BCUT2D eigenvalue weighted by Gasteiger charge is 2.16. The Morgan fingerprint density at radius 2 is 1.87 bits per heavy atom. The Labute approximate surface area is 86.4 Å². The Morgan fingerprint density at radius 3 is 2.33 bits per heavy atom. The van der Waals surface area contributed by atoms with Crippen molar-refractivity contribution in [1.29, 1.82) is 0 Å². The van der Waals surface area contributed by atoms with Crippen LogP contribution >= 0.6 is 0 Å². The molecule has 0 aromatic rings. The number of amidine groups is 1. The Kier molecular flexibility index (Phi) is 3.33. The van der Waals surface area contributed by atoms with Crippen LogP contribution in [-0.2, 0) is 14.4 Å². The third-order valence-corrected chi connectivity index (χ3v) is 1.58. The lowest BCUT2D eigenvalue weighted by Gasteiger charge is -2.12. The number of hydrogen-bond acceptors (Lipinski definition) is 4. The fourth-order valence-corrected chi connectivity index (χ4v) is 1.08. The zero-order chi connectivity index (χ0) is 11.4. The number of nitrogens with one attached hydrogen (secondary N) is 2. The Balaban J connectivity index is 2.66. The van der Waals surface area contributed by atoms with Crippen molar-refractivity contribution in [2.45, 2.75) is 13.8 Å². The molecule has 0 spiro atoms. The second-order valence-electron chi connectivity index (χ2n) is 3.06. The van der Waals surface area contributed by atoms with E-state index in [1.165, 1.54) is 19.9 Å². The van der Waals surface area contributed by atoms with Crippen LogP contribution in [0.25, 0.3) is 0 Å². The van der Waals surface area contributed by atoms with Gasteiger partial charge in [-0.2, -0.15) is 0 Å². The molecule has 0 radical (unpaired) electrons. The normalized spacial score (nSPS) is 15.2. The van der Waals surface area contributed by atoms with E-state index in [0.717, 1.165) is 0 Å². The monoisotopic (exact) mass is 209 g/mol. The van der Waals surface area contributed by atoms with Crippen molar-refractivity contribution in [1.82, 2.24) is 10.6 Å². The highest BCUT2D eigenvalue weighted by molar-refractivity contribution is 6.45. The summed E-state index contributed by atoms with van der Waals surface area (Å²) in [6.07, 6.45) is 1.25. The lowest BCUT2D eigenvalue weighted by Crippen LogP contribution is -2.37. The number of rotatable bonds is 1. The largest absolute Gasteiger partial charge is 0.328 e. The first-order valence-corrected chi connectivity index (χ1v) is 4.33. The molecule has 0 aromatic heterocycles. The van der Waals surface area contributed by atoms with Gasteiger partial charge in [-0.1, -0.05) is 0 Å². The van der Waals surface area contributed by atoms with Crippen LogP contribution in [0.5, 0.6) is 0 Å². The highest BCUT2D eigenvalue weighted by Crippen LogP contribution is 1.99. The predicted molar refractivity (Wildman–Crippen MR) is 53.0 cm³/mol. The number of hydrogen-bond donors (Lipinski definition) is 2. The number of carbonyl (C=O) groups is 3. The van der Waals surface area contributed by atoms with E-state index in [1.807, 2.05) is 0 Å². The van der Waals surface area contributed by atoms with Gasteiger partial charge in [0.05, 0.1) is 6.54 Å². The van der Waals surface area contributed by atoms with Crippen LogP contribution < -0.4 is 10.6 Å². The molecule has 2 N–H and O–H groups in total. The van der Waals surface area contributed by atoms with Crippen molar-refractivity contribution >= 4 is 23.4 Å². The minimum Gasteiger partial charge on any atom is -0.328 e. The first-order valence-electron chi connectivity index (χ1n) is 4.33. The summed E-state index contributed by atoms with van der Waals surface area (Å²) in [7, 11) is 0. The molecule has 1 heterocycles. The van der Waals surface area contributed by atoms with Crippen LogP contribution in [0.3, 0.4) is 0 Å². The minimum atomic E-state index is -0.416. The molecule has 1 aliphatic heterocycles. The first kappa shape index (κ1) is 11.1. The Hall–Kier alpha value is -1.98. The summed E-state index contributed by atoms with van der Waals surface area (Å²) >= 11 is 0. The average molecular weight is 209 g/mol. The van der Waals surface area contributed by atoms with Crippen LogP contribution in [0.2, 0.25) is 0 Å². The van der Waals surface area contributed by atoms with Gasteiger partial charge in [0.15, 0.2) is 5.84 Å². The van der Waals surface area contributed by atoms with Crippen LogP contribution in [0.4, 0.5) is 0 Å². The lowest BCUT2D eigenvalue weighted by molar-refractivity contribution is -0.119. The van der Waals surface area contributed by atoms with E-state index < -0.39 is 5.78 Å². The van der Waals surface area contributed by atoms with Crippen LogP contribution in [-0.4, -0.2) is 30.0 Å². The number of aliphatic imine (C=N–C) groups is 1. The summed E-state index contributed by atoms with van der Waals surface area (Å²) in [4.78, 5) is 36.6. The van der Waals surface area contributed by atoms with Gasteiger partial charge in [-0.15, -0.1) is 0 Å². The third kappa shape index (κ3) is 3.34. The van der Waals surface area contributed by atoms with Gasteiger partial charge >= 0.3 is 0 Å². The number of nitrogens with zero attached hydrogens (tertiary/aromatic N) is 1. The molecule has 80 valence electrons. The van der Waals surface area contributed by atoms with Crippen molar-refractivity contribution < 1.29 is 14.4 Å². The van der Waals surface area contributed by atoms with Crippen LogP contribution in [0.15, 0.2) is 16.8 Å². The molecule has 0 unspecified atom stereocenters. The summed E-state index contributed by atoms with van der Waals surface area (Å²) in [5, 5.41) is 4.78. The number of ketones is 1. The van der Waals surface area contributed by atoms with Gasteiger partial charge in [-0.3, -0.25) is 19.4 Å². The summed E-state index contributed by atoms with van der Waals surface area (Å²) in [6, 6.07) is 0. The van der Waals surface area contributed by atoms with E-state index in [1.54, 1.807) is 0 Å². The Morgan fingerprint density at radius 1 is 1.27 bits per heavy atom. The van der Waals surface area contributed by atoms with Crippen molar-refractivity contribution in [3.63, 3.8) is 0 Å².